The summed E-state index contributed by atoms with van der Waals surface area (Å²) in [6.45, 7) is 0.0784. The fourth-order valence-electron chi connectivity index (χ4n) is 2.41. The molecule has 2 aromatic carbocycles. The van der Waals surface area contributed by atoms with E-state index in [4.69, 9.17) is 14.3 Å². The van der Waals surface area contributed by atoms with Crippen LogP contribution in [0.1, 0.15) is 5.76 Å². The molecule has 0 aliphatic carbocycles. The predicted octanol–water partition coefficient (Wildman–Crippen LogP) is 1.93. The van der Waals surface area contributed by atoms with E-state index in [0.29, 0.717) is 11.5 Å². The van der Waals surface area contributed by atoms with Gasteiger partial charge in [0.1, 0.15) is 27.1 Å². The summed E-state index contributed by atoms with van der Waals surface area (Å²) in [4.78, 5) is -1.25. The van der Waals surface area contributed by atoms with Gasteiger partial charge in [-0.2, -0.15) is 8.42 Å². The molecule has 0 fully saturated rings. The van der Waals surface area contributed by atoms with E-state index < -0.39 is 29.9 Å². The molecule has 29 heavy (non-hydrogen) atoms. The van der Waals surface area contributed by atoms with E-state index in [9.17, 15) is 21.4 Å². The van der Waals surface area contributed by atoms with Crippen molar-refractivity contribution in [3.05, 3.63) is 66.6 Å². The minimum absolute atomic E-state index is 0. The van der Waals surface area contributed by atoms with Crippen LogP contribution < -0.4 is 15.2 Å². The van der Waals surface area contributed by atoms with Crippen molar-refractivity contribution in [2.75, 3.05) is 5.32 Å². The Bertz CT molecular complexity index is 1180. The number of ether oxygens (including phenoxy) is 1. The molecule has 0 saturated heterocycles. The standard InChI is InChI=1S/C17H16N2O7S2.Na.H/c18-27(20,21)17-10-16(28(22,23)24)14(19-11-13-7-4-8-25-13)9-15(17)26-12-5-2-1-3-6-12;;/h1-10,19H,11H2,(H2,18,20,21)(H,22,23,24);;. The van der Waals surface area contributed by atoms with Gasteiger partial charge >= 0.3 is 29.6 Å². The molecule has 0 atom stereocenters. The monoisotopic (exact) mass is 448 g/mol. The van der Waals surface area contributed by atoms with Gasteiger partial charge in [0.15, 0.2) is 0 Å². The summed E-state index contributed by atoms with van der Waals surface area (Å²) in [6.07, 6.45) is 1.44. The summed E-state index contributed by atoms with van der Waals surface area (Å²) in [5.41, 5.74) is -0.0859. The molecule has 0 aliphatic heterocycles. The second-order valence-electron chi connectivity index (χ2n) is 5.66. The molecule has 12 heteroatoms. The Hall–Kier alpha value is -1.86. The number of para-hydroxylation sites is 1. The summed E-state index contributed by atoms with van der Waals surface area (Å²) in [5.74, 6) is 0.592. The number of hydrogen-bond donors (Lipinski definition) is 3. The van der Waals surface area contributed by atoms with Crippen molar-refractivity contribution in [2.24, 2.45) is 5.14 Å². The first kappa shape index (κ1) is 23.4. The van der Waals surface area contributed by atoms with Crippen LogP contribution in [-0.2, 0) is 26.7 Å². The van der Waals surface area contributed by atoms with Gasteiger partial charge < -0.3 is 14.5 Å². The fourth-order valence-corrected chi connectivity index (χ4v) is 3.82. The molecule has 0 unspecified atom stereocenters. The third kappa shape index (κ3) is 6.06. The first-order valence-electron chi connectivity index (χ1n) is 7.82. The number of anilines is 1. The molecular weight excluding hydrogens is 431 g/mol. The molecule has 0 amide bonds. The van der Waals surface area contributed by atoms with Crippen molar-refractivity contribution in [1.29, 1.82) is 0 Å². The van der Waals surface area contributed by atoms with Crippen molar-refractivity contribution in [1.82, 2.24) is 0 Å². The van der Waals surface area contributed by atoms with Crippen molar-refractivity contribution in [2.45, 2.75) is 16.3 Å². The van der Waals surface area contributed by atoms with Crippen LogP contribution in [0.25, 0.3) is 0 Å². The van der Waals surface area contributed by atoms with Crippen LogP contribution in [0.5, 0.6) is 11.5 Å². The normalized spacial score (nSPS) is 11.5. The zero-order valence-electron chi connectivity index (χ0n) is 14.3. The molecule has 4 N–H and O–H groups in total. The second kappa shape index (κ2) is 9.30. The fraction of sp³-hybridized carbons (Fsp3) is 0.0588. The van der Waals surface area contributed by atoms with Gasteiger partial charge in [-0.1, -0.05) is 18.2 Å². The topological polar surface area (TPSA) is 149 Å². The van der Waals surface area contributed by atoms with E-state index in [2.05, 4.69) is 5.32 Å². The third-order valence-corrected chi connectivity index (χ3v) is 5.46. The van der Waals surface area contributed by atoms with Crippen molar-refractivity contribution in [3.63, 3.8) is 0 Å². The van der Waals surface area contributed by atoms with Gasteiger partial charge in [-0.25, -0.2) is 13.6 Å². The molecule has 0 bridgehead atoms. The quantitative estimate of drug-likeness (QED) is 0.367. The number of hydrogen-bond acceptors (Lipinski definition) is 7. The predicted molar refractivity (Wildman–Crippen MR) is 107 cm³/mol. The Morgan fingerprint density at radius 1 is 1.00 bits per heavy atom. The van der Waals surface area contributed by atoms with Crippen LogP contribution in [0, 0.1) is 0 Å². The summed E-state index contributed by atoms with van der Waals surface area (Å²) in [5, 5.41) is 7.98. The zero-order chi connectivity index (χ0) is 20.4. The number of furan rings is 1. The molecular formula is C17H17N2NaO7S2. The summed E-state index contributed by atoms with van der Waals surface area (Å²) in [6, 6.07) is 13.4. The van der Waals surface area contributed by atoms with Crippen LogP contribution in [0.15, 0.2) is 75.1 Å². The number of primary sulfonamides is 1. The van der Waals surface area contributed by atoms with Crippen molar-refractivity contribution >= 4 is 55.4 Å². The Kier molecular flexibility index (Phi) is 7.51. The van der Waals surface area contributed by atoms with E-state index in [-0.39, 0.29) is 47.5 Å². The molecule has 0 spiro atoms. The number of benzene rings is 2. The first-order chi connectivity index (χ1) is 13.1. The molecule has 3 rings (SSSR count). The Morgan fingerprint density at radius 2 is 1.69 bits per heavy atom. The summed E-state index contributed by atoms with van der Waals surface area (Å²) >= 11 is 0. The maximum atomic E-state index is 12.0. The zero-order valence-corrected chi connectivity index (χ0v) is 15.9. The first-order valence-corrected chi connectivity index (χ1v) is 10.8. The molecule has 9 nitrogen and oxygen atoms in total. The minimum atomic E-state index is -4.77. The van der Waals surface area contributed by atoms with Crippen LogP contribution in [-0.4, -0.2) is 50.9 Å². The van der Waals surface area contributed by atoms with Gasteiger partial charge in [0.25, 0.3) is 10.1 Å². The molecule has 0 radical (unpaired) electrons. The Morgan fingerprint density at radius 3 is 2.24 bits per heavy atom. The molecule has 3 aromatic rings. The Balaban J connectivity index is 0.00000300. The number of nitrogens with one attached hydrogen (secondary N) is 1. The molecule has 1 aromatic heterocycles. The molecule has 0 saturated carbocycles. The van der Waals surface area contributed by atoms with Gasteiger partial charge in [0.05, 0.1) is 18.5 Å². The maximum absolute atomic E-state index is 12.0. The van der Waals surface area contributed by atoms with Gasteiger partial charge in [-0.3, -0.25) is 4.55 Å². The molecule has 0 aliphatic rings. The van der Waals surface area contributed by atoms with Crippen LogP contribution in [0.3, 0.4) is 0 Å². The average Bonchev–Trinajstić information content (AvgIpc) is 3.12. The molecule has 150 valence electrons. The Labute approximate surface area is 190 Å². The van der Waals surface area contributed by atoms with Crippen molar-refractivity contribution in [3.8, 4) is 11.5 Å². The third-order valence-electron chi connectivity index (χ3n) is 3.63. The van der Waals surface area contributed by atoms with E-state index in [1.165, 1.54) is 6.26 Å². The second-order valence-corrected chi connectivity index (χ2v) is 8.58. The van der Waals surface area contributed by atoms with E-state index in [0.717, 1.165) is 12.1 Å². The van der Waals surface area contributed by atoms with Crippen LogP contribution in [0.2, 0.25) is 0 Å². The molecule has 1 heterocycles. The average molecular weight is 448 g/mol. The van der Waals surface area contributed by atoms with Crippen LogP contribution >= 0.6 is 0 Å². The van der Waals surface area contributed by atoms with Gasteiger partial charge in [-0.15, -0.1) is 0 Å². The summed E-state index contributed by atoms with van der Waals surface area (Å²) in [7, 11) is -9.12. The van der Waals surface area contributed by atoms with Gasteiger partial charge in [0, 0.05) is 6.07 Å². The van der Waals surface area contributed by atoms with Crippen LogP contribution in [0.4, 0.5) is 5.69 Å². The van der Waals surface area contributed by atoms with Gasteiger partial charge in [0.2, 0.25) is 10.0 Å². The number of nitrogens with two attached hydrogens (primary N) is 1. The van der Waals surface area contributed by atoms with Crippen molar-refractivity contribution < 1.29 is 30.5 Å². The van der Waals surface area contributed by atoms with E-state index >= 15 is 0 Å². The van der Waals surface area contributed by atoms with Gasteiger partial charge in [-0.05, 0) is 30.3 Å². The van der Waals surface area contributed by atoms with E-state index in [1.54, 1.807) is 42.5 Å². The van der Waals surface area contributed by atoms with E-state index in [1.807, 2.05) is 0 Å². The number of rotatable bonds is 7. The number of sulfonamides is 1. The summed E-state index contributed by atoms with van der Waals surface area (Å²) < 4.78 is 67.8. The SMILES string of the molecule is NS(=O)(=O)c1cc(S(=O)(=O)O)c(NCc2ccco2)cc1Oc1ccccc1.[NaH].